The second kappa shape index (κ2) is 28.9. The van der Waals surface area contributed by atoms with Gasteiger partial charge in [0.25, 0.3) is 5.82 Å². The lowest BCUT2D eigenvalue weighted by Gasteiger charge is -2.07. The summed E-state index contributed by atoms with van der Waals surface area (Å²) in [5, 5.41) is 0. The molecular weight excluding hydrogens is 532 g/mol. The smallest absolute Gasteiger partial charge is 0.234 e. The number of imidazole rings is 1. The molecule has 44 heavy (non-hydrogen) atoms. The fraction of sp³-hybridized carbons (Fsp3) is 0.786. The molecule has 0 aliphatic rings. The summed E-state index contributed by atoms with van der Waals surface area (Å²) in [6.07, 6.45) is 45.9. The fourth-order valence-electron chi connectivity index (χ4n) is 6.87. The quantitative estimate of drug-likeness (QED) is 0.0578. The van der Waals surface area contributed by atoms with Crippen LogP contribution in [0.15, 0.2) is 42.7 Å². The molecule has 252 valence electrons. The van der Waals surface area contributed by atoms with Crippen molar-refractivity contribution in [2.45, 2.75) is 213 Å². The van der Waals surface area contributed by atoms with Crippen LogP contribution < -0.4 is 4.57 Å². The third-order valence-corrected chi connectivity index (χ3v) is 9.79. The summed E-state index contributed by atoms with van der Waals surface area (Å²) in [6, 6.07) is 11.0. The maximum Gasteiger partial charge on any atom is 0.256 e. The number of benzene rings is 1. The van der Waals surface area contributed by atoms with E-state index in [2.05, 4.69) is 65.7 Å². The largest absolute Gasteiger partial charge is 0.256 e. The Hall–Kier alpha value is -1.57. The normalized spacial score (nSPS) is 11.5. The van der Waals surface area contributed by atoms with Crippen LogP contribution in [0.25, 0.3) is 0 Å². The highest BCUT2D eigenvalue weighted by Crippen LogP contribution is 2.16. The van der Waals surface area contributed by atoms with Gasteiger partial charge in [-0.1, -0.05) is 205 Å². The Bertz CT molecular complexity index is 854. The third kappa shape index (κ3) is 20.5. The SMILES string of the molecule is CCCCCCCCCCCCCCCCCCCc1n(CCCCCCCCCCCCC)cc[n+]1Cc1ccccc1. The molecule has 1 aromatic carbocycles. The van der Waals surface area contributed by atoms with Crippen LogP contribution in [0.1, 0.15) is 205 Å². The Kier molecular flexibility index (Phi) is 25.3. The number of hydrogen-bond acceptors (Lipinski definition) is 0. The van der Waals surface area contributed by atoms with Gasteiger partial charge in [-0.05, 0) is 24.8 Å². The molecule has 0 bridgehead atoms. The van der Waals surface area contributed by atoms with Crippen LogP contribution in [0.3, 0.4) is 0 Å². The lowest BCUT2D eigenvalue weighted by atomic mass is 10.0. The lowest BCUT2D eigenvalue weighted by molar-refractivity contribution is -0.695. The van der Waals surface area contributed by atoms with E-state index in [4.69, 9.17) is 0 Å². The first-order chi connectivity index (χ1) is 21.8. The molecule has 0 radical (unpaired) electrons. The summed E-state index contributed by atoms with van der Waals surface area (Å²) in [5.41, 5.74) is 1.41. The van der Waals surface area contributed by atoms with Gasteiger partial charge in [0.2, 0.25) is 0 Å². The second-order valence-electron chi connectivity index (χ2n) is 14.0. The fourth-order valence-corrected chi connectivity index (χ4v) is 6.87. The topological polar surface area (TPSA) is 8.81 Å². The highest BCUT2D eigenvalue weighted by molar-refractivity contribution is 5.13. The molecule has 2 heteroatoms. The molecule has 0 spiro atoms. The Morgan fingerprint density at radius 1 is 0.455 bits per heavy atom. The van der Waals surface area contributed by atoms with Crippen molar-refractivity contribution in [1.29, 1.82) is 0 Å². The van der Waals surface area contributed by atoms with Crippen molar-refractivity contribution in [3.05, 3.63) is 54.1 Å². The maximum absolute atomic E-state index is 2.59. The van der Waals surface area contributed by atoms with Crippen LogP contribution in [-0.2, 0) is 19.5 Å². The maximum atomic E-state index is 2.59. The second-order valence-corrected chi connectivity index (χ2v) is 14.0. The van der Waals surface area contributed by atoms with Gasteiger partial charge in [-0.3, -0.25) is 0 Å². The van der Waals surface area contributed by atoms with Crippen molar-refractivity contribution in [2.75, 3.05) is 0 Å². The van der Waals surface area contributed by atoms with Crippen molar-refractivity contribution in [1.82, 2.24) is 4.57 Å². The Balaban J connectivity index is 1.56. The van der Waals surface area contributed by atoms with E-state index in [0.29, 0.717) is 0 Å². The summed E-state index contributed by atoms with van der Waals surface area (Å²) in [4.78, 5) is 0. The minimum atomic E-state index is 1.00. The number of aryl methyl sites for hydroxylation is 1. The van der Waals surface area contributed by atoms with E-state index in [-0.39, 0.29) is 0 Å². The van der Waals surface area contributed by atoms with E-state index in [9.17, 15) is 0 Å². The van der Waals surface area contributed by atoms with Gasteiger partial charge >= 0.3 is 0 Å². The Labute approximate surface area is 275 Å². The van der Waals surface area contributed by atoms with Gasteiger partial charge in [-0.25, -0.2) is 9.13 Å². The zero-order chi connectivity index (χ0) is 31.2. The molecule has 0 aliphatic carbocycles. The van der Waals surface area contributed by atoms with Crippen molar-refractivity contribution < 1.29 is 4.57 Å². The molecule has 0 saturated heterocycles. The summed E-state index contributed by atoms with van der Waals surface area (Å²) < 4.78 is 5.11. The Morgan fingerprint density at radius 3 is 1.27 bits per heavy atom. The van der Waals surface area contributed by atoms with Gasteiger partial charge in [0, 0.05) is 6.42 Å². The van der Waals surface area contributed by atoms with Crippen molar-refractivity contribution in [3.8, 4) is 0 Å². The molecule has 2 nitrogen and oxygen atoms in total. The van der Waals surface area contributed by atoms with E-state index < -0.39 is 0 Å². The zero-order valence-corrected chi connectivity index (χ0v) is 29.9. The Morgan fingerprint density at radius 2 is 0.841 bits per heavy atom. The standard InChI is InChI=1S/C42H75N2/c1-3-5-7-9-11-13-15-16-17-18-19-20-21-23-25-27-32-36-42-43(38-39-44(42)40-41-34-30-29-31-35-41)37-33-28-26-24-22-14-12-10-8-6-4-2/h29-31,34-35,38-39H,3-28,32-33,36-37,40H2,1-2H3/q+1. The number of nitrogens with zero attached hydrogens (tertiary/aromatic N) is 2. The number of hydrogen-bond donors (Lipinski definition) is 0. The van der Waals surface area contributed by atoms with Gasteiger partial charge in [-0.15, -0.1) is 0 Å². The van der Waals surface area contributed by atoms with E-state index in [1.54, 1.807) is 5.82 Å². The van der Waals surface area contributed by atoms with Crippen LogP contribution in [-0.4, -0.2) is 4.57 Å². The van der Waals surface area contributed by atoms with Gasteiger partial charge < -0.3 is 0 Å². The summed E-state index contributed by atoms with van der Waals surface area (Å²) in [6.45, 7) is 6.80. The highest BCUT2D eigenvalue weighted by Gasteiger charge is 2.17. The van der Waals surface area contributed by atoms with E-state index in [1.807, 2.05) is 0 Å². The average Bonchev–Trinajstić information content (AvgIpc) is 3.42. The first-order valence-corrected chi connectivity index (χ1v) is 20.0. The summed E-state index contributed by atoms with van der Waals surface area (Å²) in [7, 11) is 0. The number of aromatic nitrogens is 2. The molecule has 0 aliphatic heterocycles. The molecule has 0 saturated carbocycles. The van der Waals surface area contributed by atoms with Gasteiger partial charge in [0.15, 0.2) is 0 Å². The molecular formula is C42H75N2+. The number of rotatable bonds is 32. The van der Waals surface area contributed by atoms with E-state index in [0.717, 1.165) is 6.54 Å². The predicted octanol–water partition coefficient (Wildman–Crippen LogP) is 13.3. The zero-order valence-electron chi connectivity index (χ0n) is 29.9. The van der Waals surface area contributed by atoms with Crippen LogP contribution >= 0.6 is 0 Å². The van der Waals surface area contributed by atoms with Crippen molar-refractivity contribution in [3.63, 3.8) is 0 Å². The molecule has 0 amide bonds. The van der Waals surface area contributed by atoms with Crippen LogP contribution in [0.5, 0.6) is 0 Å². The van der Waals surface area contributed by atoms with Gasteiger partial charge in [0.05, 0.1) is 6.54 Å². The van der Waals surface area contributed by atoms with Crippen molar-refractivity contribution >= 4 is 0 Å². The first kappa shape index (κ1) is 38.6. The molecule has 2 aromatic rings. The summed E-state index contributed by atoms with van der Waals surface area (Å²) in [5.74, 6) is 1.54. The molecule has 0 N–H and O–H groups in total. The van der Waals surface area contributed by atoms with Crippen LogP contribution in [0.2, 0.25) is 0 Å². The van der Waals surface area contributed by atoms with E-state index in [1.165, 1.54) is 198 Å². The van der Waals surface area contributed by atoms with Gasteiger partial charge in [0.1, 0.15) is 18.9 Å². The molecule has 1 aromatic heterocycles. The van der Waals surface area contributed by atoms with Gasteiger partial charge in [-0.2, -0.15) is 0 Å². The van der Waals surface area contributed by atoms with Crippen molar-refractivity contribution in [2.24, 2.45) is 0 Å². The van der Waals surface area contributed by atoms with Crippen LogP contribution in [0.4, 0.5) is 0 Å². The highest BCUT2D eigenvalue weighted by atomic mass is 15.1. The minimum absolute atomic E-state index is 1.00. The molecule has 0 unspecified atom stereocenters. The molecule has 0 atom stereocenters. The monoisotopic (exact) mass is 608 g/mol. The average molecular weight is 608 g/mol. The third-order valence-electron chi connectivity index (χ3n) is 9.79. The first-order valence-electron chi connectivity index (χ1n) is 20.0. The molecule has 1 heterocycles. The minimum Gasteiger partial charge on any atom is -0.234 e. The summed E-state index contributed by atoms with van der Waals surface area (Å²) >= 11 is 0. The molecule has 2 rings (SSSR count). The lowest BCUT2D eigenvalue weighted by Crippen LogP contribution is -2.37. The predicted molar refractivity (Wildman–Crippen MR) is 194 cm³/mol. The number of unbranched alkanes of at least 4 members (excludes halogenated alkanes) is 26. The van der Waals surface area contributed by atoms with Crippen LogP contribution in [0, 0.1) is 0 Å². The van der Waals surface area contributed by atoms with E-state index >= 15 is 0 Å². The molecule has 0 fully saturated rings.